The van der Waals surface area contributed by atoms with Crippen LogP contribution in [0.2, 0.25) is 0 Å². The summed E-state index contributed by atoms with van der Waals surface area (Å²) in [7, 11) is 0. The summed E-state index contributed by atoms with van der Waals surface area (Å²) in [5.41, 5.74) is 0.252. The number of fused-ring (bicyclic) bond motifs is 1. The lowest BCUT2D eigenvalue weighted by molar-refractivity contribution is 0.149. The molecule has 0 aromatic carbocycles. The van der Waals surface area contributed by atoms with E-state index in [1.165, 1.54) is 12.1 Å². The molecule has 0 radical (unpaired) electrons. The predicted molar refractivity (Wildman–Crippen MR) is 72.5 cm³/mol. The summed E-state index contributed by atoms with van der Waals surface area (Å²) in [6.07, 6.45) is 3.40. The predicted octanol–water partition coefficient (Wildman–Crippen LogP) is 1.40. The maximum atomic E-state index is 12.0. The average Bonchev–Trinajstić information content (AvgIpc) is 2.39. The molecule has 6 heteroatoms. The molecule has 20 heavy (non-hydrogen) atoms. The molecule has 3 rings (SSSR count). The summed E-state index contributed by atoms with van der Waals surface area (Å²) in [6, 6.07) is 6.07. The highest BCUT2D eigenvalue weighted by molar-refractivity contribution is 5.71. The van der Waals surface area contributed by atoms with Gasteiger partial charge in [-0.15, -0.1) is 5.10 Å². The van der Waals surface area contributed by atoms with Crippen LogP contribution >= 0.6 is 0 Å². The molecule has 0 unspecified atom stereocenters. The van der Waals surface area contributed by atoms with Crippen LogP contribution in [0.25, 0.3) is 5.70 Å². The minimum atomic E-state index is -0.622. The second kappa shape index (κ2) is 4.19. The van der Waals surface area contributed by atoms with E-state index in [0.717, 1.165) is 4.68 Å². The summed E-state index contributed by atoms with van der Waals surface area (Å²) < 4.78 is 6.90. The topological polar surface area (TPSA) is 77.2 Å². The molecule has 0 amide bonds. The zero-order chi connectivity index (χ0) is 14.3. The van der Waals surface area contributed by atoms with Crippen molar-refractivity contribution in [1.82, 2.24) is 14.8 Å². The summed E-state index contributed by atoms with van der Waals surface area (Å²) in [4.78, 5) is 16.2. The molecule has 0 spiro atoms. The number of aromatic hydroxyl groups is 1. The molecular weight excluding hydrogens is 258 g/mol. The normalized spacial score (nSPS) is 16.0. The Kier molecular flexibility index (Phi) is 2.60. The number of hydrogen-bond donors (Lipinski definition) is 1. The molecule has 6 nitrogen and oxygen atoms in total. The molecule has 0 saturated carbocycles. The van der Waals surface area contributed by atoms with Gasteiger partial charge in [-0.2, -0.15) is 4.68 Å². The van der Waals surface area contributed by atoms with Gasteiger partial charge in [0.15, 0.2) is 0 Å². The summed E-state index contributed by atoms with van der Waals surface area (Å²) >= 11 is 0. The van der Waals surface area contributed by atoms with Gasteiger partial charge in [0.2, 0.25) is 11.8 Å². The van der Waals surface area contributed by atoms with Crippen LogP contribution in [-0.4, -0.2) is 25.5 Å². The van der Waals surface area contributed by atoms with E-state index in [1.807, 2.05) is 13.8 Å². The third-order valence-electron chi connectivity index (χ3n) is 2.91. The molecule has 1 aliphatic heterocycles. The van der Waals surface area contributed by atoms with E-state index >= 15 is 0 Å². The first-order valence-electron chi connectivity index (χ1n) is 6.13. The summed E-state index contributed by atoms with van der Waals surface area (Å²) in [5, 5.41) is 13.4. The van der Waals surface area contributed by atoms with E-state index in [4.69, 9.17) is 4.74 Å². The maximum Gasteiger partial charge on any atom is 0.271 e. The number of nitrogens with zero attached hydrogens (tertiary/aromatic N) is 3. The van der Waals surface area contributed by atoms with E-state index in [9.17, 15) is 9.90 Å². The van der Waals surface area contributed by atoms with Gasteiger partial charge in [-0.05, 0) is 32.1 Å². The lowest BCUT2D eigenvalue weighted by Crippen LogP contribution is -2.33. The Morgan fingerprint density at radius 2 is 2.10 bits per heavy atom. The van der Waals surface area contributed by atoms with E-state index in [-0.39, 0.29) is 11.4 Å². The molecule has 0 bridgehead atoms. The van der Waals surface area contributed by atoms with E-state index in [1.54, 1.807) is 24.4 Å². The summed E-state index contributed by atoms with van der Waals surface area (Å²) in [6.45, 7) is 3.72. The van der Waals surface area contributed by atoms with Crippen LogP contribution in [0.15, 0.2) is 41.3 Å². The fourth-order valence-corrected chi connectivity index (χ4v) is 2.10. The molecule has 1 N–H and O–H groups in total. The first-order chi connectivity index (χ1) is 9.46. The van der Waals surface area contributed by atoms with Crippen LogP contribution in [0.5, 0.6) is 11.8 Å². The molecule has 0 fully saturated rings. The second-order valence-corrected chi connectivity index (χ2v) is 5.03. The van der Waals surface area contributed by atoms with Gasteiger partial charge in [0, 0.05) is 18.3 Å². The van der Waals surface area contributed by atoms with Gasteiger partial charge in [0.1, 0.15) is 5.60 Å². The van der Waals surface area contributed by atoms with Crippen molar-refractivity contribution in [2.45, 2.75) is 19.4 Å². The first kappa shape index (κ1) is 12.4. The van der Waals surface area contributed by atoms with Crippen molar-refractivity contribution < 1.29 is 9.84 Å². The molecular formula is C14H13N3O3. The van der Waals surface area contributed by atoms with Gasteiger partial charge in [-0.25, -0.2) is 4.98 Å². The van der Waals surface area contributed by atoms with Crippen molar-refractivity contribution in [3.05, 3.63) is 52.5 Å². The number of hydrogen-bond acceptors (Lipinski definition) is 5. The third-order valence-corrected chi connectivity index (χ3v) is 2.91. The van der Waals surface area contributed by atoms with E-state index in [2.05, 4.69) is 10.1 Å². The van der Waals surface area contributed by atoms with Gasteiger partial charge in [-0.3, -0.25) is 4.79 Å². The SMILES string of the molecule is CC1(C)C=C(n2nc(O)ccc2=O)c2cccnc2O1. The van der Waals surface area contributed by atoms with Crippen LogP contribution in [0.1, 0.15) is 19.4 Å². The highest BCUT2D eigenvalue weighted by Crippen LogP contribution is 2.34. The molecule has 2 aromatic heterocycles. The third kappa shape index (κ3) is 2.05. The van der Waals surface area contributed by atoms with Gasteiger partial charge < -0.3 is 9.84 Å². The van der Waals surface area contributed by atoms with Crippen molar-refractivity contribution in [2.75, 3.05) is 0 Å². The van der Waals surface area contributed by atoms with Crippen LogP contribution in [0.4, 0.5) is 0 Å². The molecule has 0 aliphatic carbocycles. The fraction of sp³-hybridized carbons (Fsp3) is 0.214. The van der Waals surface area contributed by atoms with E-state index < -0.39 is 5.60 Å². The Labute approximate surface area is 115 Å². The first-order valence-corrected chi connectivity index (χ1v) is 6.13. The quantitative estimate of drug-likeness (QED) is 0.848. The molecule has 3 heterocycles. The van der Waals surface area contributed by atoms with Crippen molar-refractivity contribution in [1.29, 1.82) is 0 Å². The van der Waals surface area contributed by atoms with Gasteiger partial charge >= 0.3 is 0 Å². The van der Waals surface area contributed by atoms with Gasteiger partial charge in [-0.1, -0.05) is 0 Å². The molecule has 0 atom stereocenters. The monoisotopic (exact) mass is 271 g/mol. The zero-order valence-corrected chi connectivity index (χ0v) is 11.1. The average molecular weight is 271 g/mol. The minimum absolute atomic E-state index is 0.222. The highest BCUT2D eigenvalue weighted by atomic mass is 16.5. The van der Waals surface area contributed by atoms with Crippen molar-refractivity contribution in [3.63, 3.8) is 0 Å². The second-order valence-electron chi connectivity index (χ2n) is 5.03. The molecule has 2 aromatic rings. The van der Waals surface area contributed by atoms with Crippen molar-refractivity contribution in [3.8, 4) is 11.8 Å². The lowest BCUT2D eigenvalue weighted by Gasteiger charge is -2.29. The highest BCUT2D eigenvalue weighted by Gasteiger charge is 2.29. The number of rotatable bonds is 1. The Hall–Kier alpha value is -2.63. The maximum absolute atomic E-state index is 12.0. The Balaban J connectivity index is 2.28. The fourth-order valence-electron chi connectivity index (χ4n) is 2.10. The number of aromatic nitrogens is 3. The van der Waals surface area contributed by atoms with Crippen molar-refractivity contribution >= 4 is 5.70 Å². The Bertz CT molecular complexity index is 762. The summed E-state index contributed by atoms with van der Waals surface area (Å²) in [5.74, 6) is 0.215. The van der Waals surface area contributed by atoms with Crippen LogP contribution in [-0.2, 0) is 0 Å². The van der Waals surface area contributed by atoms with E-state index in [0.29, 0.717) is 17.1 Å². The Morgan fingerprint density at radius 1 is 1.30 bits per heavy atom. The standard InChI is InChI=1S/C14H13N3O3/c1-14(2)8-10(9-4-3-7-15-13(9)20-14)17-12(19)6-5-11(18)16-17/h3-8H,1-2H3,(H,16,18). The van der Waals surface area contributed by atoms with Crippen LogP contribution in [0, 0.1) is 0 Å². The minimum Gasteiger partial charge on any atom is -0.492 e. The Morgan fingerprint density at radius 3 is 2.90 bits per heavy atom. The van der Waals surface area contributed by atoms with Crippen LogP contribution < -0.4 is 10.3 Å². The van der Waals surface area contributed by atoms with Gasteiger partial charge in [0.05, 0.1) is 11.3 Å². The molecule has 1 aliphatic rings. The number of pyridine rings is 1. The van der Waals surface area contributed by atoms with Gasteiger partial charge in [0.25, 0.3) is 5.56 Å². The smallest absolute Gasteiger partial charge is 0.271 e. The van der Waals surface area contributed by atoms with Crippen LogP contribution in [0.3, 0.4) is 0 Å². The zero-order valence-electron chi connectivity index (χ0n) is 11.1. The molecule has 0 saturated heterocycles. The van der Waals surface area contributed by atoms with Crippen molar-refractivity contribution in [2.24, 2.45) is 0 Å². The largest absolute Gasteiger partial charge is 0.492 e. The number of ether oxygens (including phenoxy) is 1. The lowest BCUT2D eigenvalue weighted by atomic mass is 10.0. The molecule has 102 valence electrons.